The predicted molar refractivity (Wildman–Crippen MR) is 158 cm³/mol. The highest BCUT2D eigenvalue weighted by Gasteiger charge is 2.25. The van der Waals surface area contributed by atoms with E-state index in [1.807, 2.05) is 6.20 Å². The summed E-state index contributed by atoms with van der Waals surface area (Å²) < 4.78 is 1.77. The van der Waals surface area contributed by atoms with E-state index in [4.69, 9.17) is 0 Å². The predicted octanol–water partition coefficient (Wildman–Crippen LogP) is 5.47. The van der Waals surface area contributed by atoms with Crippen LogP contribution >= 0.6 is 0 Å². The number of rotatable bonds is 9. The number of carbonyl (C=O) groups is 1. The number of likely N-dealkylation sites (tertiary alicyclic amines) is 1. The van der Waals surface area contributed by atoms with Gasteiger partial charge in [0.2, 0.25) is 5.91 Å². The molecule has 1 saturated heterocycles. The maximum absolute atomic E-state index is 12.6. The number of fused-ring (bicyclic) bond motifs is 1. The molecule has 2 aromatic heterocycles. The maximum Gasteiger partial charge on any atom is 0.223 e. The van der Waals surface area contributed by atoms with Gasteiger partial charge in [0.15, 0.2) is 5.49 Å². The number of carbonyl (C=O) groups excluding carboxylic acids is 1. The van der Waals surface area contributed by atoms with Crippen molar-refractivity contribution in [3.63, 3.8) is 0 Å². The van der Waals surface area contributed by atoms with Gasteiger partial charge in [0.05, 0.1) is 5.69 Å². The number of amides is 1. The molecule has 0 saturated carbocycles. The Bertz CT molecular complexity index is 1370. The second kappa shape index (κ2) is 12.1. The number of nitrogens with zero attached hydrogens (tertiary/aromatic N) is 4. The minimum absolute atomic E-state index is 0.277. The fourth-order valence-electron chi connectivity index (χ4n) is 5.87. The van der Waals surface area contributed by atoms with Crippen LogP contribution in [0, 0.1) is 13.8 Å². The molecular formula is C31H44N6O. The standard InChI is InChI=1S/C31H44N6O/c1-8-14-34-15-11-28(38)36-16-12-23(13-17-36)24-9-10-27-25(18-24)29(20(2)3)30(35-27)26-19-37(33-7)31(32-6)22(5)21(26)4/h9-10,18-20,23,34-35H,7-8,11-17H2,1-6H3/b32-31-. The molecular weight excluding hydrogens is 472 g/mol. The van der Waals surface area contributed by atoms with Gasteiger partial charge in [-0.05, 0) is 85.9 Å². The van der Waals surface area contributed by atoms with Gasteiger partial charge in [-0.15, -0.1) is 0 Å². The van der Waals surface area contributed by atoms with Crippen molar-refractivity contribution in [1.29, 1.82) is 0 Å². The molecule has 3 heterocycles. The summed E-state index contributed by atoms with van der Waals surface area (Å²) >= 11 is 0. The number of nitrogens with one attached hydrogen (secondary N) is 2. The molecule has 1 aromatic carbocycles. The number of aromatic nitrogens is 2. The summed E-state index contributed by atoms with van der Waals surface area (Å²) in [6.45, 7) is 18.1. The Balaban J connectivity index is 1.62. The van der Waals surface area contributed by atoms with Crippen LogP contribution in [0.4, 0.5) is 0 Å². The number of hydrogen-bond donors (Lipinski definition) is 2. The zero-order valence-corrected chi connectivity index (χ0v) is 24.0. The van der Waals surface area contributed by atoms with E-state index in [-0.39, 0.29) is 5.91 Å². The number of benzene rings is 1. The molecule has 3 aromatic rings. The fraction of sp³-hybridized carbons (Fsp3) is 0.516. The lowest BCUT2D eigenvalue weighted by atomic mass is 9.87. The Morgan fingerprint density at radius 2 is 1.92 bits per heavy atom. The molecule has 1 fully saturated rings. The van der Waals surface area contributed by atoms with Crippen molar-refractivity contribution in [2.75, 3.05) is 33.2 Å². The second-order valence-electron chi connectivity index (χ2n) is 10.9. The molecule has 1 aliphatic rings. The van der Waals surface area contributed by atoms with E-state index in [1.165, 1.54) is 22.1 Å². The molecule has 0 radical (unpaired) electrons. The molecule has 7 heteroatoms. The van der Waals surface area contributed by atoms with Gasteiger partial charge in [0.25, 0.3) is 0 Å². The third-order valence-corrected chi connectivity index (χ3v) is 8.11. The van der Waals surface area contributed by atoms with Crippen molar-refractivity contribution >= 4 is 23.5 Å². The minimum atomic E-state index is 0.277. The van der Waals surface area contributed by atoms with Crippen molar-refractivity contribution in [3.05, 3.63) is 52.1 Å². The summed E-state index contributed by atoms with van der Waals surface area (Å²) in [7, 11) is 1.79. The number of aromatic amines is 1. The Morgan fingerprint density at radius 3 is 2.55 bits per heavy atom. The van der Waals surface area contributed by atoms with Crippen molar-refractivity contribution in [2.45, 2.75) is 72.1 Å². The summed E-state index contributed by atoms with van der Waals surface area (Å²) in [5.41, 5.74) is 9.25. The van der Waals surface area contributed by atoms with Crippen molar-refractivity contribution < 1.29 is 4.79 Å². The number of H-pyrrole nitrogens is 1. The first kappa shape index (κ1) is 27.8. The summed E-state index contributed by atoms with van der Waals surface area (Å²) in [5.74, 6) is 1.09. The Hall–Kier alpha value is -3.19. The molecule has 1 aliphatic heterocycles. The molecule has 0 aliphatic carbocycles. The quantitative estimate of drug-likeness (QED) is 0.292. The Labute approximate surface area is 227 Å². The molecule has 4 rings (SSSR count). The lowest BCUT2D eigenvalue weighted by molar-refractivity contribution is -0.132. The normalized spacial score (nSPS) is 15.1. The average Bonchev–Trinajstić information content (AvgIpc) is 3.31. The molecule has 0 unspecified atom stereocenters. The van der Waals surface area contributed by atoms with Crippen LogP contribution in [0.15, 0.2) is 34.5 Å². The van der Waals surface area contributed by atoms with Gasteiger partial charge in [0, 0.05) is 62.5 Å². The number of piperidine rings is 1. The first-order valence-corrected chi connectivity index (χ1v) is 14.1. The van der Waals surface area contributed by atoms with Crippen LogP contribution in [-0.4, -0.2) is 60.4 Å². The third-order valence-electron chi connectivity index (χ3n) is 8.11. The van der Waals surface area contributed by atoms with Gasteiger partial charge in [0.1, 0.15) is 0 Å². The lowest BCUT2D eigenvalue weighted by Gasteiger charge is -2.32. The first-order chi connectivity index (χ1) is 18.3. The minimum Gasteiger partial charge on any atom is -0.354 e. The van der Waals surface area contributed by atoms with E-state index in [0.717, 1.165) is 73.3 Å². The van der Waals surface area contributed by atoms with Crippen molar-refractivity contribution in [1.82, 2.24) is 19.9 Å². The van der Waals surface area contributed by atoms with Crippen LogP contribution in [0.3, 0.4) is 0 Å². The zero-order chi connectivity index (χ0) is 27.4. The van der Waals surface area contributed by atoms with E-state index in [9.17, 15) is 4.79 Å². The zero-order valence-electron chi connectivity index (χ0n) is 24.0. The molecule has 2 N–H and O–H groups in total. The van der Waals surface area contributed by atoms with Crippen LogP contribution in [0.1, 0.15) is 80.5 Å². The first-order valence-electron chi connectivity index (χ1n) is 14.1. The Morgan fingerprint density at radius 1 is 1.18 bits per heavy atom. The molecule has 204 valence electrons. The van der Waals surface area contributed by atoms with Crippen LogP contribution < -0.4 is 10.8 Å². The van der Waals surface area contributed by atoms with Crippen molar-refractivity contribution in [3.8, 4) is 11.3 Å². The van der Waals surface area contributed by atoms with Gasteiger partial charge < -0.3 is 15.2 Å². The van der Waals surface area contributed by atoms with Gasteiger partial charge in [-0.25, -0.2) is 4.68 Å². The van der Waals surface area contributed by atoms with Gasteiger partial charge >= 0.3 is 0 Å². The van der Waals surface area contributed by atoms with E-state index < -0.39 is 0 Å². The van der Waals surface area contributed by atoms with Crippen molar-refractivity contribution in [2.24, 2.45) is 10.1 Å². The number of hydrogen-bond acceptors (Lipinski definition) is 4. The van der Waals surface area contributed by atoms with Crippen LogP contribution in [-0.2, 0) is 4.79 Å². The summed E-state index contributed by atoms with van der Waals surface area (Å²) in [6.07, 6.45) is 5.75. The van der Waals surface area contributed by atoms with Crippen LogP contribution in [0.25, 0.3) is 22.2 Å². The largest absolute Gasteiger partial charge is 0.354 e. The van der Waals surface area contributed by atoms with Gasteiger partial charge in [-0.1, -0.05) is 26.8 Å². The van der Waals surface area contributed by atoms with Gasteiger partial charge in [-0.3, -0.25) is 9.79 Å². The average molecular weight is 517 g/mol. The van der Waals surface area contributed by atoms with Crippen LogP contribution in [0.2, 0.25) is 0 Å². The smallest absolute Gasteiger partial charge is 0.223 e. The van der Waals surface area contributed by atoms with E-state index >= 15 is 0 Å². The summed E-state index contributed by atoms with van der Waals surface area (Å²) in [6, 6.07) is 6.89. The van der Waals surface area contributed by atoms with Gasteiger partial charge in [-0.2, -0.15) is 5.10 Å². The molecule has 0 bridgehead atoms. The highest BCUT2D eigenvalue weighted by Crippen LogP contribution is 2.39. The third kappa shape index (κ3) is 5.48. The molecule has 38 heavy (non-hydrogen) atoms. The van der Waals surface area contributed by atoms with E-state index in [2.05, 4.69) is 84.8 Å². The van der Waals surface area contributed by atoms with Crippen LogP contribution in [0.5, 0.6) is 0 Å². The highest BCUT2D eigenvalue weighted by molar-refractivity contribution is 5.92. The molecule has 0 atom stereocenters. The summed E-state index contributed by atoms with van der Waals surface area (Å²) in [5, 5.41) is 8.83. The number of pyridine rings is 1. The maximum atomic E-state index is 12.6. The fourth-order valence-corrected chi connectivity index (χ4v) is 5.87. The molecule has 1 amide bonds. The Kier molecular flexibility index (Phi) is 8.87. The molecule has 0 spiro atoms. The monoisotopic (exact) mass is 516 g/mol. The second-order valence-corrected chi connectivity index (χ2v) is 10.9. The SMILES string of the molecule is C=Nn1cc(-c2[nH]c3ccc(C4CCN(C(=O)CCNCCC)CC4)cc3c2C(C)C)c(C)c(C)/c1=N/C. The lowest BCUT2D eigenvalue weighted by Crippen LogP contribution is -2.39. The van der Waals surface area contributed by atoms with E-state index in [1.54, 1.807) is 11.7 Å². The molecule has 7 nitrogen and oxygen atoms in total. The highest BCUT2D eigenvalue weighted by atomic mass is 16.2. The van der Waals surface area contributed by atoms with E-state index in [0.29, 0.717) is 18.3 Å². The summed E-state index contributed by atoms with van der Waals surface area (Å²) in [4.78, 5) is 22.9. The topological polar surface area (TPSA) is 77.8 Å².